The van der Waals surface area contributed by atoms with Gasteiger partial charge in [-0.3, -0.25) is 9.59 Å². The van der Waals surface area contributed by atoms with Crippen LogP contribution in [0.2, 0.25) is 0 Å². The summed E-state index contributed by atoms with van der Waals surface area (Å²) in [6.45, 7) is 3.11. The van der Waals surface area contributed by atoms with Crippen LogP contribution in [-0.4, -0.2) is 42.5 Å². The molecule has 0 radical (unpaired) electrons. The molecule has 1 aromatic carbocycles. The standard InChI is InChI=1S/C21H31N3O3/c1-3-20(18(22)25)11-6-14-24(15-20)19(26)21(12-4-5-13-21)23-16-7-9-17(27-2)10-8-16/h7-10,23H,3-6,11-15H2,1-2H3,(H2,22,25). The Morgan fingerprint density at radius 3 is 2.37 bits per heavy atom. The fraction of sp³-hybridized carbons (Fsp3) is 0.619. The number of rotatable bonds is 6. The van der Waals surface area contributed by atoms with E-state index in [1.165, 1.54) is 0 Å². The lowest BCUT2D eigenvalue weighted by atomic mass is 9.76. The molecule has 0 bridgehead atoms. The van der Waals surface area contributed by atoms with Crippen LogP contribution in [0.5, 0.6) is 5.75 Å². The van der Waals surface area contributed by atoms with Crippen LogP contribution in [-0.2, 0) is 9.59 Å². The van der Waals surface area contributed by atoms with E-state index >= 15 is 0 Å². The van der Waals surface area contributed by atoms with E-state index in [1.807, 2.05) is 36.1 Å². The third kappa shape index (κ3) is 3.75. The minimum absolute atomic E-state index is 0.106. The van der Waals surface area contributed by atoms with E-state index in [2.05, 4.69) is 5.32 Å². The Kier molecular flexibility index (Phi) is 5.63. The van der Waals surface area contributed by atoms with Crippen LogP contribution in [0.4, 0.5) is 5.69 Å². The van der Waals surface area contributed by atoms with Crippen LogP contribution >= 0.6 is 0 Å². The summed E-state index contributed by atoms with van der Waals surface area (Å²) >= 11 is 0. The van der Waals surface area contributed by atoms with Gasteiger partial charge in [-0.1, -0.05) is 19.8 Å². The summed E-state index contributed by atoms with van der Waals surface area (Å²) < 4.78 is 5.22. The van der Waals surface area contributed by atoms with Crippen molar-refractivity contribution in [3.63, 3.8) is 0 Å². The molecule has 148 valence electrons. The van der Waals surface area contributed by atoms with E-state index in [-0.39, 0.29) is 11.8 Å². The van der Waals surface area contributed by atoms with Crippen molar-refractivity contribution in [1.82, 2.24) is 4.90 Å². The molecule has 2 amide bonds. The number of piperidine rings is 1. The highest BCUT2D eigenvalue weighted by atomic mass is 16.5. The number of ether oxygens (including phenoxy) is 1. The maximum absolute atomic E-state index is 13.6. The van der Waals surface area contributed by atoms with Crippen molar-refractivity contribution >= 4 is 17.5 Å². The Balaban J connectivity index is 1.81. The maximum atomic E-state index is 13.6. The smallest absolute Gasteiger partial charge is 0.248 e. The Morgan fingerprint density at radius 2 is 1.81 bits per heavy atom. The maximum Gasteiger partial charge on any atom is 0.248 e. The van der Waals surface area contributed by atoms with Crippen LogP contribution in [0.25, 0.3) is 0 Å². The van der Waals surface area contributed by atoms with Gasteiger partial charge in [0.25, 0.3) is 0 Å². The van der Waals surface area contributed by atoms with Gasteiger partial charge in [0.2, 0.25) is 11.8 Å². The average molecular weight is 373 g/mol. The number of nitrogens with two attached hydrogens (primary N) is 1. The molecule has 1 atom stereocenters. The van der Waals surface area contributed by atoms with Gasteiger partial charge >= 0.3 is 0 Å². The first-order valence-corrected chi connectivity index (χ1v) is 9.96. The summed E-state index contributed by atoms with van der Waals surface area (Å²) in [6.07, 6.45) is 5.93. The number of nitrogens with one attached hydrogen (secondary N) is 1. The molecule has 3 rings (SSSR count). The lowest BCUT2D eigenvalue weighted by Crippen LogP contribution is -2.58. The summed E-state index contributed by atoms with van der Waals surface area (Å²) in [4.78, 5) is 27.5. The molecule has 0 spiro atoms. The molecular formula is C21H31N3O3. The molecule has 1 aromatic rings. The predicted molar refractivity (Wildman–Crippen MR) is 106 cm³/mol. The topological polar surface area (TPSA) is 84.7 Å². The second kappa shape index (κ2) is 7.79. The Hall–Kier alpha value is -2.24. The molecule has 6 nitrogen and oxygen atoms in total. The zero-order valence-electron chi connectivity index (χ0n) is 16.4. The van der Waals surface area contributed by atoms with Crippen LogP contribution in [0.1, 0.15) is 51.9 Å². The molecular weight excluding hydrogens is 342 g/mol. The molecule has 1 saturated carbocycles. The molecule has 2 aliphatic rings. The molecule has 1 aliphatic heterocycles. The summed E-state index contributed by atoms with van der Waals surface area (Å²) in [6, 6.07) is 7.68. The number of anilines is 1. The van der Waals surface area contributed by atoms with Gasteiger partial charge < -0.3 is 20.7 Å². The van der Waals surface area contributed by atoms with Crippen molar-refractivity contribution < 1.29 is 14.3 Å². The van der Waals surface area contributed by atoms with Gasteiger partial charge in [0, 0.05) is 18.8 Å². The van der Waals surface area contributed by atoms with Crippen LogP contribution in [0.15, 0.2) is 24.3 Å². The van der Waals surface area contributed by atoms with E-state index in [4.69, 9.17) is 10.5 Å². The SMILES string of the molecule is CCC1(C(N)=O)CCCN(C(=O)C2(Nc3ccc(OC)cc3)CCCC2)C1. The molecule has 1 saturated heterocycles. The number of likely N-dealkylation sites (tertiary alicyclic amines) is 1. The van der Waals surface area contributed by atoms with E-state index in [0.717, 1.165) is 50.0 Å². The van der Waals surface area contributed by atoms with Crippen molar-refractivity contribution in [2.24, 2.45) is 11.1 Å². The van der Waals surface area contributed by atoms with Gasteiger partial charge in [-0.15, -0.1) is 0 Å². The zero-order chi connectivity index (χ0) is 19.5. The molecule has 1 aliphatic carbocycles. The number of carbonyl (C=O) groups is 2. The van der Waals surface area contributed by atoms with Crippen molar-refractivity contribution in [1.29, 1.82) is 0 Å². The lowest BCUT2D eigenvalue weighted by molar-refractivity contribution is -0.143. The van der Waals surface area contributed by atoms with E-state index in [1.54, 1.807) is 7.11 Å². The first-order chi connectivity index (χ1) is 12.9. The normalized spacial score (nSPS) is 24.4. The second-order valence-corrected chi connectivity index (χ2v) is 7.97. The largest absolute Gasteiger partial charge is 0.497 e. The van der Waals surface area contributed by atoms with Gasteiger partial charge in [0.05, 0.1) is 12.5 Å². The molecule has 0 aromatic heterocycles. The Labute approximate surface area is 161 Å². The van der Waals surface area contributed by atoms with Crippen molar-refractivity contribution in [3.8, 4) is 5.75 Å². The van der Waals surface area contributed by atoms with Gasteiger partial charge in [0.1, 0.15) is 11.3 Å². The lowest BCUT2D eigenvalue weighted by Gasteiger charge is -2.44. The highest BCUT2D eigenvalue weighted by molar-refractivity contribution is 5.91. The van der Waals surface area contributed by atoms with Crippen molar-refractivity contribution in [2.45, 2.75) is 57.4 Å². The Bertz CT molecular complexity index is 682. The van der Waals surface area contributed by atoms with Crippen LogP contribution < -0.4 is 15.8 Å². The molecule has 6 heteroatoms. The number of amides is 2. The third-order valence-electron chi connectivity index (χ3n) is 6.40. The fourth-order valence-electron chi connectivity index (χ4n) is 4.59. The zero-order valence-corrected chi connectivity index (χ0v) is 16.4. The molecule has 1 unspecified atom stereocenters. The van der Waals surface area contributed by atoms with E-state index in [9.17, 15) is 9.59 Å². The molecule has 2 fully saturated rings. The monoisotopic (exact) mass is 373 g/mol. The second-order valence-electron chi connectivity index (χ2n) is 7.97. The molecule has 3 N–H and O–H groups in total. The minimum atomic E-state index is -0.594. The summed E-state index contributed by atoms with van der Waals surface area (Å²) in [7, 11) is 1.64. The number of hydrogen-bond donors (Lipinski definition) is 2. The number of methoxy groups -OCH3 is 1. The molecule has 1 heterocycles. The van der Waals surface area contributed by atoms with Gasteiger partial charge in [-0.25, -0.2) is 0 Å². The van der Waals surface area contributed by atoms with Crippen molar-refractivity contribution in [2.75, 3.05) is 25.5 Å². The number of primary amides is 1. The predicted octanol–water partition coefficient (Wildman–Crippen LogP) is 2.92. The van der Waals surface area contributed by atoms with Crippen LogP contribution in [0, 0.1) is 5.41 Å². The molecule has 27 heavy (non-hydrogen) atoms. The van der Waals surface area contributed by atoms with Gasteiger partial charge in [0.15, 0.2) is 0 Å². The van der Waals surface area contributed by atoms with E-state index < -0.39 is 11.0 Å². The van der Waals surface area contributed by atoms with E-state index in [0.29, 0.717) is 19.5 Å². The number of carbonyl (C=O) groups excluding carboxylic acids is 2. The minimum Gasteiger partial charge on any atom is -0.497 e. The average Bonchev–Trinajstić information content (AvgIpc) is 3.17. The highest BCUT2D eigenvalue weighted by Crippen LogP contribution is 2.39. The third-order valence-corrected chi connectivity index (χ3v) is 6.40. The van der Waals surface area contributed by atoms with Crippen LogP contribution in [0.3, 0.4) is 0 Å². The van der Waals surface area contributed by atoms with Gasteiger partial charge in [-0.05, 0) is 56.4 Å². The Morgan fingerprint density at radius 1 is 1.15 bits per heavy atom. The highest BCUT2D eigenvalue weighted by Gasteiger charge is 2.47. The first kappa shape index (κ1) is 19.5. The number of benzene rings is 1. The quantitative estimate of drug-likeness (QED) is 0.803. The summed E-state index contributed by atoms with van der Waals surface area (Å²) in [5.74, 6) is 0.609. The first-order valence-electron chi connectivity index (χ1n) is 9.96. The number of nitrogens with zero attached hydrogens (tertiary/aromatic N) is 1. The fourth-order valence-corrected chi connectivity index (χ4v) is 4.59. The van der Waals surface area contributed by atoms with Crippen molar-refractivity contribution in [3.05, 3.63) is 24.3 Å². The summed E-state index contributed by atoms with van der Waals surface area (Å²) in [5.41, 5.74) is 5.44. The number of hydrogen-bond acceptors (Lipinski definition) is 4. The van der Waals surface area contributed by atoms with Gasteiger partial charge in [-0.2, -0.15) is 0 Å². The summed E-state index contributed by atoms with van der Waals surface area (Å²) in [5, 5.41) is 3.51.